The van der Waals surface area contributed by atoms with Gasteiger partial charge < -0.3 is 9.64 Å². The highest BCUT2D eigenvalue weighted by molar-refractivity contribution is 5.96. The van der Waals surface area contributed by atoms with Gasteiger partial charge in [0.15, 0.2) is 0 Å². The average molecular weight is 491 g/mol. The van der Waals surface area contributed by atoms with E-state index in [4.69, 9.17) is 4.74 Å². The molecule has 0 atom stereocenters. The Bertz CT molecular complexity index is 1120. The molecule has 2 aromatic rings. The van der Waals surface area contributed by atoms with Crippen LogP contribution in [-0.4, -0.2) is 66.6 Å². The Morgan fingerprint density at radius 1 is 1.14 bits per heavy atom. The van der Waals surface area contributed by atoms with Gasteiger partial charge in [0.2, 0.25) is 0 Å². The number of aryl methyl sites for hydroxylation is 1. The number of esters is 1. The van der Waals surface area contributed by atoms with E-state index in [9.17, 15) is 9.59 Å². The minimum Gasteiger partial charge on any atom is -0.464 e. The van der Waals surface area contributed by atoms with Crippen LogP contribution in [0.25, 0.3) is 0 Å². The number of amides is 2. The number of rotatable bonds is 6. The fourth-order valence-corrected chi connectivity index (χ4v) is 6.54. The number of methoxy groups -OCH3 is 1. The van der Waals surface area contributed by atoms with Crippen molar-refractivity contribution in [1.29, 1.82) is 0 Å². The highest BCUT2D eigenvalue weighted by Crippen LogP contribution is 2.50. The number of carbonyl (C=O) groups excluding carboxylic acids is 2. The van der Waals surface area contributed by atoms with Gasteiger partial charge in [-0.1, -0.05) is 36.8 Å². The molecule has 36 heavy (non-hydrogen) atoms. The number of hydrogen-bond donors (Lipinski definition) is 0. The van der Waals surface area contributed by atoms with Gasteiger partial charge in [-0.05, 0) is 82.7 Å². The van der Waals surface area contributed by atoms with E-state index in [1.165, 1.54) is 31.9 Å². The van der Waals surface area contributed by atoms with E-state index in [-0.39, 0.29) is 22.8 Å². The van der Waals surface area contributed by atoms with Crippen molar-refractivity contribution in [2.24, 2.45) is 5.92 Å². The van der Waals surface area contributed by atoms with E-state index >= 15 is 0 Å². The molecule has 2 heterocycles. The first-order chi connectivity index (χ1) is 17.3. The zero-order chi connectivity index (χ0) is 25.5. The molecule has 2 aliphatic carbocycles. The fraction of sp³-hybridized carbons (Fsp3) is 0.552. The summed E-state index contributed by atoms with van der Waals surface area (Å²) in [4.78, 5) is 36.8. The van der Waals surface area contributed by atoms with Gasteiger partial charge >= 0.3 is 12.0 Å². The largest absolute Gasteiger partial charge is 0.464 e. The van der Waals surface area contributed by atoms with E-state index in [0.717, 1.165) is 43.5 Å². The summed E-state index contributed by atoms with van der Waals surface area (Å²) in [6.07, 6.45) is 9.27. The standard InChI is InChI=1S/C29H38N4O3/c1-21-17-24(26(34)36-4)30-18-25(21)32-20-28(33(27(32)35)19-22-9-8-10-22)13-15-29(16-14-28,31(2)3)23-11-6-5-7-12-23/h5-7,11-12,17-18,22H,8-10,13-16,19-20H2,1-4H3/t28-,29-. The van der Waals surface area contributed by atoms with Gasteiger partial charge in [0.1, 0.15) is 5.69 Å². The third-order valence-corrected chi connectivity index (χ3v) is 9.10. The summed E-state index contributed by atoms with van der Waals surface area (Å²) in [5.74, 6) is 0.134. The van der Waals surface area contributed by atoms with Gasteiger partial charge in [0, 0.05) is 12.1 Å². The number of aromatic nitrogens is 1. The average Bonchev–Trinajstić information content (AvgIpc) is 3.12. The number of urea groups is 1. The van der Waals surface area contributed by atoms with E-state index in [1.54, 1.807) is 12.3 Å². The van der Waals surface area contributed by atoms with Crippen molar-refractivity contribution >= 4 is 17.7 Å². The predicted molar refractivity (Wildman–Crippen MR) is 140 cm³/mol. The minimum absolute atomic E-state index is 0.0231. The van der Waals surface area contributed by atoms with Crippen LogP contribution in [0.5, 0.6) is 0 Å². The smallest absolute Gasteiger partial charge is 0.356 e. The van der Waals surface area contributed by atoms with Crippen LogP contribution in [0.2, 0.25) is 0 Å². The summed E-state index contributed by atoms with van der Waals surface area (Å²) in [6.45, 7) is 3.44. The van der Waals surface area contributed by atoms with Crippen LogP contribution in [0.4, 0.5) is 10.5 Å². The van der Waals surface area contributed by atoms with Crippen molar-refractivity contribution in [2.45, 2.75) is 62.9 Å². The van der Waals surface area contributed by atoms with Crippen molar-refractivity contribution in [2.75, 3.05) is 39.2 Å². The normalized spacial score (nSPS) is 26.5. The molecule has 1 aliphatic heterocycles. The Kier molecular flexibility index (Phi) is 6.54. The molecule has 3 aliphatic rings. The Balaban J connectivity index is 1.45. The number of ether oxygens (including phenoxy) is 1. The molecule has 0 radical (unpaired) electrons. The first kappa shape index (κ1) is 24.8. The predicted octanol–water partition coefficient (Wildman–Crippen LogP) is 4.99. The van der Waals surface area contributed by atoms with Gasteiger partial charge in [-0.25, -0.2) is 14.6 Å². The second-order valence-electron chi connectivity index (χ2n) is 11.1. The molecule has 1 aromatic heterocycles. The number of hydrogen-bond acceptors (Lipinski definition) is 5. The summed E-state index contributed by atoms with van der Waals surface area (Å²) in [6, 6.07) is 12.6. The third kappa shape index (κ3) is 4.07. The lowest BCUT2D eigenvalue weighted by Crippen LogP contribution is -2.56. The summed E-state index contributed by atoms with van der Waals surface area (Å²) < 4.78 is 4.83. The maximum atomic E-state index is 14.0. The van der Waals surface area contributed by atoms with Gasteiger partial charge in [-0.15, -0.1) is 0 Å². The Morgan fingerprint density at radius 2 is 1.83 bits per heavy atom. The molecule has 2 amide bonds. The highest BCUT2D eigenvalue weighted by atomic mass is 16.5. The van der Waals surface area contributed by atoms with Gasteiger partial charge in [0.05, 0.1) is 31.1 Å². The van der Waals surface area contributed by atoms with Crippen molar-refractivity contribution in [3.63, 3.8) is 0 Å². The lowest BCUT2D eigenvalue weighted by molar-refractivity contribution is 0.0172. The van der Waals surface area contributed by atoms with E-state index < -0.39 is 5.97 Å². The number of pyridine rings is 1. The second-order valence-corrected chi connectivity index (χ2v) is 11.1. The SMILES string of the molecule is COC(=O)c1cc(C)c(N2C[C@]3(CC[C@@](c4ccccc4)(N(C)C)CC3)N(CC3CCC3)C2=O)cn1. The summed E-state index contributed by atoms with van der Waals surface area (Å²) in [5, 5.41) is 0. The maximum Gasteiger partial charge on any atom is 0.356 e. The molecule has 0 bridgehead atoms. The van der Waals surface area contributed by atoms with Crippen molar-refractivity contribution < 1.29 is 14.3 Å². The lowest BCUT2D eigenvalue weighted by atomic mass is 9.68. The molecule has 7 nitrogen and oxygen atoms in total. The fourth-order valence-electron chi connectivity index (χ4n) is 6.54. The van der Waals surface area contributed by atoms with Crippen LogP contribution in [0.1, 0.15) is 66.6 Å². The van der Waals surface area contributed by atoms with Crippen LogP contribution in [0, 0.1) is 12.8 Å². The first-order valence-electron chi connectivity index (χ1n) is 13.2. The third-order valence-electron chi connectivity index (χ3n) is 9.10. The molecule has 0 unspecified atom stereocenters. The molecule has 1 spiro atoms. The van der Waals surface area contributed by atoms with Gasteiger partial charge in [-0.3, -0.25) is 9.80 Å². The summed E-state index contributed by atoms with van der Waals surface area (Å²) in [5.41, 5.74) is 3.06. The topological polar surface area (TPSA) is 66.0 Å². The molecule has 1 saturated heterocycles. The van der Waals surface area contributed by atoms with Crippen LogP contribution >= 0.6 is 0 Å². The van der Waals surface area contributed by atoms with E-state index in [0.29, 0.717) is 12.5 Å². The number of nitrogens with zero attached hydrogens (tertiary/aromatic N) is 4. The van der Waals surface area contributed by atoms with Crippen molar-refractivity contribution in [1.82, 2.24) is 14.8 Å². The van der Waals surface area contributed by atoms with Crippen molar-refractivity contribution in [3.05, 3.63) is 59.4 Å². The minimum atomic E-state index is -0.464. The van der Waals surface area contributed by atoms with E-state index in [2.05, 4.69) is 59.2 Å². The molecular weight excluding hydrogens is 452 g/mol. The quantitative estimate of drug-likeness (QED) is 0.534. The highest BCUT2D eigenvalue weighted by Gasteiger charge is 2.55. The van der Waals surface area contributed by atoms with Crippen LogP contribution in [0.15, 0.2) is 42.6 Å². The number of carbonyl (C=O) groups is 2. The van der Waals surface area contributed by atoms with Gasteiger partial charge in [-0.2, -0.15) is 0 Å². The van der Waals surface area contributed by atoms with Crippen molar-refractivity contribution in [3.8, 4) is 0 Å². The molecule has 1 aromatic carbocycles. The van der Waals surface area contributed by atoms with E-state index in [1.807, 2.05) is 11.8 Å². The second kappa shape index (κ2) is 9.51. The Hall–Kier alpha value is -2.93. The van der Waals surface area contributed by atoms with Gasteiger partial charge in [0.25, 0.3) is 0 Å². The first-order valence-corrected chi connectivity index (χ1v) is 13.2. The molecule has 0 N–H and O–H groups in total. The Morgan fingerprint density at radius 3 is 2.39 bits per heavy atom. The zero-order valence-corrected chi connectivity index (χ0v) is 22.0. The maximum absolute atomic E-state index is 14.0. The van der Waals surface area contributed by atoms with Crippen LogP contribution in [0.3, 0.4) is 0 Å². The molecule has 3 fully saturated rings. The Labute approximate surface area is 214 Å². The van der Waals surface area contributed by atoms with Crippen LogP contribution < -0.4 is 4.90 Å². The van der Waals surface area contributed by atoms with Crippen LogP contribution in [-0.2, 0) is 10.3 Å². The molecule has 5 rings (SSSR count). The summed E-state index contributed by atoms with van der Waals surface area (Å²) in [7, 11) is 5.72. The summed E-state index contributed by atoms with van der Waals surface area (Å²) >= 11 is 0. The number of anilines is 1. The molecule has 2 saturated carbocycles. The molecular formula is C29H38N4O3. The molecule has 7 heteroatoms. The molecule has 192 valence electrons. The lowest BCUT2D eigenvalue weighted by Gasteiger charge is -2.51. The zero-order valence-electron chi connectivity index (χ0n) is 22.0. The number of benzene rings is 1. The monoisotopic (exact) mass is 490 g/mol.